The monoisotopic (exact) mass is 307 g/mol. The lowest BCUT2D eigenvalue weighted by atomic mass is 10.0. The van der Waals surface area contributed by atoms with Crippen LogP contribution >= 0.6 is 0 Å². The van der Waals surface area contributed by atoms with Crippen LogP contribution < -0.4 is 4.90 Å². The van der Waals surface area contributed by atoms with Crippen LogP contribution in [0.2, 0.25) is 0 Å². The number of aromatic nitrogens is 1. The number of benzene rings is 1. The molecular formula is C19H21N3O. The summed E-state index contributed by atoms with van der Waals surface area (Å²) in [4.78, 5) is 11.4. The van der Waals surface area contributed by atoms with Crippen molar-refractivity contribution >= 4 is 11.6 Å². The molecule has 1 saturated heterocycles. The zero-order valence-electron chi connectivity index (χ0n) is 13.7. The number of pyridine rings is 1. The van der Waals surface area contributed by atoms with Gasteiger partial charge in [0.2, 0.25) is 5.90 Å². The number of aliphatic imine (C=N–C) groups is 1. The molecule has 0 radical (unpaired) electrons. The molecule has 2 atom stereocenters. The van der Waals surface area contributed by atoms with Gasteiger partial charge >= 0.3 is 0 Å². The molecule has 1 aromatic carbocycles. The first-order valence-electron chi connectivity index (χ1n) is 8.00. The van der Waals surface area contributed by atoms with E-state index in [-0.39, 0.29) is 17.1 Å². The Labute approximate surface area is 136 Å². The highest BCUT2D eigenvalue weighted by molar-refractivity contribution is 5.98. The van der Waals surface area contributed by atoms with E-state index in [4.69, 9.17) is 9.73 Å². The number of anilines is 1. The quantitative estimate of drug-likeness (QED) is 0.813. The molecule has 0 aliphatic carbocycles. The van der Waals surface area contributed by atoms with Gasteiger partial charge in [-0.1, -0.05) is 18.2 Å². The molecular weight excluding hydrogens is 286 g/mol. The molecule has 2 unspecified atom stereocenters. The summed E-state index contributed by atoms with van der Waals surface area (Å²) in [6, 6.07) is 14.8. The second-order valence-electron chi connectivity index (χ2n) is 7.05. The number of rotatable bonds is 3. The minimum atomic E-state index is -0.240. The number of nitrogens with zero attached hydrogens (tertiary/aromatic N) is 3. The molecule has 2 aliphatic rings. The second kappa shape index (κ2) is 4.82. The Bertz CT molecular complexity index is 694. The lowest BCUT2D eigenvalue weighted by molar-refractivity contribution is 0.270. The average Bonchev–Trinajstić information content (AvgIpc) is 3.03. The summed E-state index contributed by atoms with van der Waals surface area (Å²) in [6.07, 6.45) is 3.69. The van der Waals surface area contributed by atoms with Crippen LogP contribution in [0.15, 0.2) is 59.9 Å². The lowest BCUT2D eigenvalue weighted by Crippen LogP contribution is -2.26. The molecule has 4 nitrogen and oxygen atoms in total. The van der Waals surface area contributed by atoms with Crippen molar-refractivity contribution in [3.05, 3.63) is 60.4 Å². The van der Waals surface area contributed by atoms with Crippen molar-refractivity contribution in [2.75, 3.05) is 11.5 Å². The lowest BCUT2D eigenvalue weighted by Gasteiger charge is -2.12. The van der Waals surface area contributed by atoms with Crippen molar-refractivity contribution in [3.8, 4) is 0 Å². The van der Waals surface area contributed by atoms with Crippen LogP contribution in [0.1, 0.15) is 32.4 Å². The van der Waals surface area contributed by atoms with E-state index in [9.17, 15) is 0 Å². The van der Waals surface area contributed by atoms with Crippen LogP contribution in [0.4, 0.5) is 5.69 Å². The number of ether oxygens (including phenoxy) is 1. The van der Waals surface area contributed by atoms with Crippen molar-refractivity contribution in [3.63, 3.8) is 0 Å². The van der Waals surface area contributed by atoms with E-state index < -0.39 is 0 Å². The minimum Gasteiger partial charge on any atom is -0.477 e. The highest BCUT2D eigenvalue weighted by Gasteiger charge is 2.65. The van der Waals surface area contributed by atoms with Gasteiger partial charge in [0.15, 0.2) is 0 Å². The van der Waals surface area contributed by atoms with E-state index in [0.29, 0.717) is 6.61 Å². The van der Waals surface area contributed by atoms with Gasteiger partial charge in [-0.05, 0) is 50.6 Å². The van der Waals surface area contributed by atoms with E-state index in [1.54, 1.807) is 0 Å². The Balaban J connectivity index is 1.77. The molecule has 2 aromatic rings. The maximum absolute atomic E-state index is 5.99. The van der Waals surface area contributed by atoms with E-state index in [1.807, 2.05) is 18.5 Å². The summed E-state index contributed by atoms with van der Waals surface area (Å²) in [7, 11) is 0. The predicted molar refractivity (Wildman–Crippen MR) is 91.8 cm³/mol. The van der Waals surface area contributed by atoms with Gasteiger partial charge in [-0.2, -0.15) is 0 Å². The van der Waals surface area contributed by atoms with Crippen LogP contribution in [0.3, 0.4) is 0 Å². The summed E-state index contributed by atoms with van der Waals surface area (Å²) in [6.45, 7) is 7.08. The molecule has 2 aliphatic heterocycles. The van der Waals surface area contributed by atoms with E-state index in [0.717, 1.165) is 5.90 Å². The molecule has 0 spiro atoms. The molecule has 0 N–H and O–H groups in total. The third-order valence-corrected chi connectivity index (χ3v) is 4.68. The highest BCUT2D eigenvalue weighted by atomic mass is 16.5. The fraction of sp³-hybridized carbons (Fsp3) is 0.368. The van der Waals surface area contributed by atoms with Crippen molar-refractivity contribution in [1.82, 2.24) is 4.98 Å². The Morgan fingerprint density at radius 2 is 1.74 bits per heavy atom. The summed E-state index contributed by atoms with van der Waals surface area (Å²) in [5.74, 6) is 0.841. The molecule has 0 amide bonds. The SMILES string of the molecule is CC1(C)COC(C2(C)C(c3ccncc3)N2c2ccccc2)=N1. The van der Waals surface area contributed by atoms with Crippen molar-refractivity contribution in [2.45, 2.75) is 37.9 Å². The van der Waals surface area contributed by atoms with E-state index >= 15 is 0 Å². The fourth-order valence-corrected chi connectivity index (χ4v) is 3.48. The van der Waals surface area contributed by atoms with Gasteiger partial charge < -0.3 is 9.64 Å². The zero-order chi connectivity index (χ0) is 16.1. The molecule has 3 heterocycles. The summed E-state index contributed by atoms with van der Waals surface area (Å²) >= 11 is 0. The summed E-state index contributed by atoms with van der Waals surface area (Å²) in [5, 5.41) is 0. The fourth-order valence-electron chi connectivity index (χ4n) is 3.48. The van der Waals surface area contributed by atoms with Crippen LogP contribution in [-0.4, -0.2) is 28.6 Å². The third-order valence-electron chi connectivity index (χ3n) is 4.68. The first-order valence-corrected chi connectivity index (χ1v) is 8.00. The average molecular weight is 307 g/mol. The van der Waals surface area contributed by atoms with Crippen molar-refractivity contribution in [1.29, 1.82) is 0 Å². The maximum Gasteiger partial charge on any atom is 0.213 e. The van der Waals surface area contributed by atoms with Crippen molar-refractivity contribution in [2.24, 2.45) is 4.99 Å². The third kappa shape index (κ3) is 2.21. The smallest absolute Gasteiger partial charge is 0.213 e. The Morgan fingerprint density at radius 3 is 2.35 bits per heavy atom. The molecule has 4 heteroatoms. The molecule has 23 heavy (non-hydrogen) atoms. The standard InChI is InChI=1S/C19H21N3O/c1-18(2)13-23-17(21-18)19(3)16(14-9-11-20-12-10-14)22(19)15-7-5-4-6-8-15/h4-12,16H,13H2,1-3H3. The van der Waals surface area contributed by atoms with Crippen LogP contribution in [0.25, 0.3) is 0 Å². The van der Waals surface area contributed by atoms with Gasteiger partial charge in [-0.15, -0.1) is 0 Å². The van der Waals surface area contributed by atoms with Gasteiger partial charge in [-0.25, -0.2) is 4.99 Å². The molecule has 1 aromatic heterocycles. The zero-order valence-corrected chi connectivity index (χ0v) is 13.7. The van der Waals surface area contributed by atoms with E-state index in [2.05, 4.69) is 67.1 Å². The van der Waals surface area contributed by atoms with Crippen molar-refractivity contribution < 1.29 is 4.74 Å². The topological polar surface area (TPSA) is 37.5 Å². The summed E-state index contributed by atoms with van der Waals surface area (Å²) in [5.41, 5.74) is 2.04. The van der Waals surface area contributed by atoms with E-state index in [1.165, 1.54) is 11.3 Å². The summed E-state index contributed by atoms with van der Waals surface area (Å²) < 4.78 is 5.99. The van der Waals surface area contributed by atoms with Crippen LogP contribution in [0.5, 0.6) is 0 Å². The normalized spacial score (nSPS) is 28.2. The minimum absolute atomic E-state index is 0.147. The van der Waals surface area contributed by atoms with Gasteiger partial charge in [0.1, 0.15) is 12.1 Å². The first kappa shape index (κ1) is 14.2. The maximum atomic E-state index is 5.99. The largest absolute Gasteiger partial charge is 0.477 e. The number of para-hydroxylation sites is 1. The van der Waals surface area contributed by atoms with Gasteiger partial charge in [0.25, 0.3) is 0 Å². The molecule has 1 fully saturated rings. The Morgan fingerprint density at radius 1 is 1.04 bits per heavy atom. The first-order chi connectivity index (χ1) is 11.0. The Hall–Kier alpha value is -2.36. The van der Waals surface area contributed by atoms with Crippen LogP contribution in [-0.2, 0) is 4.74 Å². The molecule has 4 rings (SSSR count). The van der Waals surface area contributed by atoms with Crippen LogP contribution in [0, 0.1) is 0 Å². The number of hydrogen-bond acceptors (Lipinski definition) is 4. The second-order valence-corrected chi connectivity index (χ2v) is 7.05. The molecule has 0 saturated carbocycles. The van der Waals surface area contributed by atoms with Gasteiger partial charge in [-0.3, -0.25) is 4.98 Å². The highest BCUT2D eigenvalue weighted by Crippen LogP contribution is 2.57. The number of hydrogen-bond donors (Lipinski definition) is 0. The van der Waals surface area contributed by atoms with Gasteiger partial charge in [0, 0.05) is 18.1 Å². The molecule has 0 bridgehead atoms. The predicted octanol–water partition coefficient (Wildman–Crippen LogP) is 3.61. The van der Waals surface area contributed by atoms with Gasteiger partial charge in [0.05, 0.1) is 11.6 Å². The molecule has 118 valence electrons. The Kier molecular flexibility index (Phi) is 2.98.